The van der Waals surface area contributed by atoms with Crippen LogP contribution in [0.1, 0.15) is 19.3 Å². The van der Waals surface area contributed by atoms with Crippen LogP contribution in [0.4, 0.5) is 0 Å². The van der Waals surface area contributed by atoms with Gasteiger partial charge in [-0.1, -0.05) is 0 Å². The van der Waals surface area contributed by atoms with E-state index in [1.165, 1.54) is 0 Å². The summed E-state index contributed by atoms with van der Waals surface area (Å²) >= 11 is 0. The molecule has 0 aromatic heterocycles. The molecule has 3 fully saturated rings. The largest absolute Gasteiger partial charge is 0.478 e. The summed E-state index contributed by atoms with van der Waals surface area (Å²) in [6.07, 6.45) is 2.15. The van der Waals surface area contributed by atoms with E-state index in [2.05, 4.69) is 30.7 Å². The zero-order valence-corrected chi connectivity index (χ0v) is 19.1. The minimum absolute atomic E-state index is 0.188. The van der Waals surface area contributed by atoms with Crippen LogP contribution in [0.3, 0.4) is 0 Å². The van der Waals surface area contributed by atoms with E-state index in [-0.39, 0.29) is 6.04 Å². The standard InChI is InChI=1S/C22H43N7O2/c23-21(3-12-29-17-8-26-9-18-29)19(1-10-27-13-4-24-5-14-27)20(22(30)31)2-11-28-15-6-25-7-16-28/h21,24-26H,1-18,23H2,(H,30,31). The fraction of sp³-hybridized carbons (Fsp3) is 0.864. The predicted molar refractivity (Wildman–Crippen MR) is 124 cm³/mol. The number of rotatable bonds is 11. The van der Waals surface area contributed by atoms with Gasteiger partial charge in [0, 0.05) is 110 Å². The molecule has 178 valence electrons. The maximum absolute atomic E-state index is 12.3. The minimum Gasteiger partial charge on any atom is -0.478 e. The fourth-order valence-electron chi connectivity index (χ4n) is 4.81. The number of carboxylic acid groups (broad SMARTS) is 1. The van der Waals surface area contributed by atoms with Gasteiger partial charge in [0.25, 0.3) is 0 Å². The molecule has 1 atom stereocenters. The van der Waals surface area contributed by atoms with Gasteiger partial charge in [0.1, 0.15) is 0 Å². The van der Waals surface area contributed by atoms with Crippen molar-refractivity contribution in [3.05, 3.63) is 11.1 Å². The number of carboxylic acids is 1. The molecule has 9 heteroatoms. The molecule has 0 aromatic carbocycles. The van der Waals surface area contributed by atoms with Crippen molar-refractivity contribution in [3.63, 3.8) is 0 Å². The summed E-state index contributed by atoms with van der Waals surface area (Å²) in [5.74, 6) is -0.789. The highest BCUT2D eigenvalue weighted by Gasteiger charge is 2.23. The monoisotopic (exact) mass is 437 g/mol. The first-order valence-electron chi connectivity index (χ1n) is 12.1. The summed E-state index contributed by atoms with van der Waals surface area (Å²) in [6.45, 7) is 14.7. The molecule has 31 heavy (non-hydrogen) atoms. The first kappa shape index (κ1) is 24.6. The Hall–Kier alpha value is -1.07. The molecule has 0 saturated carbocycles. The molecular formula is C22H43N7O2. The Labute approximate surface area is 187 Å². The molecule has 3 rings (SSSR count). The quantitative estimate of drug-likeness (QED) is 0.249. The smallest absolute Gasteiger partial charge is 0.331 e. The third-order valence-electron chi connectivity index (χ3n) is 6.85. The lowest BCUT2D eigenvalue weighted by molar-refractivity contribution is -0.133. The molecule has 3 saturated heterocycles. The first-order valence-corrected chi connectivity index (χ1v) is 12.1. The van der Waals surface area contributed by atoms with Gasteiger partial charge in [-0.25, -0.2) is 4.79 Å². The average Bonchev–Trinajstić information content (AvgIpc) is 2.81. The number of nitrogens with zero attached hydrogens (tertiary/aromatic N) is 3. The third-order valence-corrected chi connectivity index (χ3v) is 6.85. The van der Waals surface area contributed by atoms with E-state index in [0.29, 0.717) is 12.0 Å². The second kappa shape index (κ2) is 13.5. The highest BCUT2D eigenvalue weighted by molar-refractivity contribution is 5.87. The lowest BCUT2D eigenvalue weighted by atomic mass is 9.93. The van der Waals surface area contributed by atoms with Crippen LogP contribution < -0.4 is 21.7 Å². The van der Waals surface area contributed by atoms with Gasteiger partial charge >= 0.3 is 5.97 Å². The topological polar surface area (TPSA) is 109 Å². The van der Waals surface area contributed by atoms with Gasteiger partial charge < -0.3 is 41.5 Å². The zero-order valence-electron chi connectivity index (χ0n) is 19.1. The molecule has 0 amide bonds. The summed E-state index contributed by atoms with van der Waals surface area (Å²) in [6, 6.07) is -0.188. The van der Waals surface area contributed by atoms with Gasteiger partial charge in [-0.3, -0.25) is 0 Å². The van der Waals surface area contributed by atoms with Crippen LogP contribution in [0.15, 0.2) is 11.1 Å². The SMILES string of the molecule is NC(CCN1CCNCC1)C(CCN1CCNCC1)=C(CCN1CCNCC1)C(=O)O. The first-order chi connectivity index (χ1) is 15.1. The third kappa shape index (κ3) is 8.42. The number of hydrogen-bond acceptors (Lipinski definition) is 8. The lowest BCUT2D eigenvalue weighted by Crippen LogP contribution is -2.45. The Morgan fingerprint density at radius 2 is 1.16 bits per heavy atom. The van der Waals surface area contributed by atoms with Crippen molar-refractivity contribution in [2.45, 2.75) is 25.3 Å². The van der Waals surface area contributed by atoms with Crippen molar-refractivity contribution in [2.75, 3.05) is 98.2 Å². The molecule has 6 N–H and O–H groups in total. The van der Waals surface area contributed by atoms with Gasteiger partial charge in [-0.05, 0) is 24.8 Å². The van der Waals surface area contributed by atoms with Crippen LogP contribution in [-0.4, -0.2) is 130 Å². The Kier molecular flexibility index (Phi) is 10.7. The molecule has 9 nitrogen and oxygen atoms in total. The molecule has 1 unspecified atom stereocenters. The van der Waals surface area contributed by atoms with Crippen LogP contribution in [0, 0.1) is 0 Å². The molecule has 3 aliphatic rings. The molecule has 3 aliphatic heterocycles. The van der Waals surface area contributed by atoms with Crippen LogP contribution in [-0.2, 0) is 4.79 Å². The number of piperazine rings is 3. The van der Waals surface area contributed by atoms with Crippen molar-refractivity contribution >= 4 is 5.97 Å². The Bertz CT molecular complexity index is 568. The van der Waals surface area contributed by atoms with E-state index in [4.69, 9.17) is 5.73 Å². The van der Waals surface area contributed by atoms with Gasteiger partial charge in [-0.2, -0.15) is 0 Å². The number of carbonyl (C=O) groups is 1. The van der Waals surface area contributed by atoms with Crippen molar-refractivity contribution < 1.29 is 9.90 Å². The van der Waals surface area contributed by atoms with Crippen LogP contribution in [0.5, 0.6) is 0 Å². The predicted octanol–water partition coefficient (Wildman–Crippen LogP) is -1.42. The summed E-state index contributed by atoms with van der Waals surface area (Å²) in [4.78, 5) is 19.5. The van der Waals surface area contributed by atoms with Crippen LogP contribution in [0.25, 0.3) is 0 Å². The molecule has 0 spiro atoms. The Balaban J connectivity index is 1.65. The van der Waals surface area contributed by atoms with Gasteiger partial charge in [0.2, 0.25) is 0 Å². The zero-order chi connectivity index (χ0) is 21.9. The van der Waals surface area contributed by atoms with Gasteiger partial charge in [-0.15, -0.1) is 0 Å². The molecule has 0 radical (unpaired) electrons. The summed E-state index contributed by atoms with van der Waals surface area (Å²) in [5.41, 5.74) is 8.21. The van der Waals surface area contributed by atoms with Gasteiger partial charge in [0.15, 0.2) is 0 Å². The normalized spacial score (nSPS) is 24.0. The lowest BCUT2D eigenvalue weighted by Gasteiger charge is -2.31. The minimum atomic E-state index is -0.789. The molecule has 3 heterocycles. The van der Waals surface area contributed by atoms with E-state index >= 15 is 0 Å². The van der Waals surface area contributed by atoms with Crippen molar-refractivity contribution in [1.29, 1.82) is 0 Å². The van der Waals surface area contributed by atoms with Crippen molar-refractivity contribution in [2.24, 2.45) is 5.73 Å². The maximum atomic E-state index is 12.3. The van der Waals surface area contributed by atoms with E-state index < -0.39 is 5.97 Å². The summed E-state index contributed by atoms with van der Waals surface area (Å²) in [5, 5.41) is 20.2. The van der Waals surface area contributed by atoms with Crippen LogP contribution in [0.2, 0.25) is 0 Å². The molecule has 0 aliphatic carbocycles. The number of hydrogen-bond donors (Lipinski definition) is 5. The van der Waals surface area contributed by atoms with Crippen LogP contribution >= 0.6 is 0 Å². The van der Waals surface area contributed by atoms with E-state index in [9.17, 15) is 9.90 Å². The average molecular weight is 438 g/mol. The molecule has 0 bridgehead atoms. The Morgan fingerprint density at radius 3 is 1.61 bits per heavy atom. The second-order valence-corrected chi connectivity index (χ2v) is 8.98. The summed E-state index contributed by atoms with van der Waals surface area (Å²) < 4.78 is 0. The highest BCUT2D eigenvalue weighted by Crippen LogP contribution is 2.20. The fourth-order valence-corrected chi connectivity index (χ4v) is 4.81. The van der Waals surface area contributed by atoms with Crippen molar-refractivity contribution in [3.8, 4) is 0 Å². The molecule has 0 aromatic rings. The summed E-state index contributed by atoms with van der Waals surface area (Å²) in [7, 11) is 0. The number of nitrogens with two attached hydrogens (primary N) is 1. The second-order valence-electron chi connectivity index (χ2n) is 8.98. The number of nitrogens with one attached hydrogen (secondary N) is 3. The van der Waals surface area contributed by atoms with Crippen molar-refractivity contribution in [1.82, 2.24) is 30.7 Å². The van der Waals surface area contributed by atoms with E-state index in [1.54, 1.807) is 0 Å². The molecular weight excluding hydrogens is 394 g/mol. The van der Waals surface area contributed by atoms with Gasteiger partial charge in [0.05, 0.1) is 0 Å². The number of aliphatic carboxylic acids is 1. The van der Waals surface area contributed by atoms with E-state index in [1.807, 2.05) is 0 Å². The highest BCUT2D eigenvalue weighted by atomic mass is 16.4. The Morgan fingerprint density at radius 1 is 0.742 bits per heavy atom. The maximum Gasteiger partial charge on any atom is 0.331 e. The van der Waals surface area contributed by atoms with E-state index in [0.717, 1.165) is 117 Å².